The number of fused-ring (bicyclic) bond motifs is 3. The van der Waals surface area contributed by atoms with Crippen LogP contribution in [-0.4, -0.2) is 39.6 Å². The van der Waals surface area contributed by atoms with E-state index in [1.807, 2.05) is 49.4 Å². The Labute approximate surface area is 249 Å². The molecule has 0 saturated carbocycles. The van der Waals surface area contributed by atoms with Crippen molar-refractivity contribution < 1.29 is 27.4 Å². The van der Waals surface area contributed by atoms with Crippen LogP contribution in [0.1, 0.15) is 60.8 Å². The number of aryl methyl sites for hydroxylation is 2. The monoisotopic (exact) mass is 588 g/mol. The normalized spacial score (nSPS) is 17.1. The quantitative estimate of drug-likeness (QED) is 0.190. The summed E-state index contributed by atoms with van der Waals surface area (Å²) in [6.07, 6.45) is 8.73. The van der Waals surface area contributed by atoms with Crippen molar-refractivity contribution in [3.05, 3.63) is 95.1 Å². The molecule has 5 rings (SSSR count). The van der Waals surface area contributed by atoms with Gasteiger partial charge < -0.3 is 14.2 Å². The molecule has 1 saturated heterocycles. The highest BCUT2D eigenvalue weighted by Crippen LogP contribution is 2.36. The number of carbonyl (C=O) groups excluding carboxylic acids is 1. The van der Waals surface area contributed by atoms with Crippen molar-refractivity contribution in [2.24, 2.45) is 5.92 Å². The van der Waals surface area contributed by atoms with Crippen molar-refractivity contribution in [2.45, 2.75) is 58.0 Å². The van der Waals surface area contributed by atoms with Gasteiger partial charge in [-0.3, -0.25) is 4.79 Å². The number of hydrogen-bond donors (Lipinski definition) is 0. The van der Waals surface area contributed by atoms with E-state index in [2.05, 4.69) is 30.3 Å². The molecule has 222 valence electrons. The SMILES string of the molecule is CC=C[C@@H](CC(=O)OC)c1ccc(OCc2ccc3c(c2)-c2ccc(OCC4CCS(=O)(=O)CC4)cc2CCC3)cc1. The van der Waals surface area contributed by atoms with Crippen LogP contribution in [0.15, 0.2) is 72.8 Å². The summed E-state index contributed by atoms with van der Waals surface area (Å²) in [5, 5.41) is 0. The molecule has 3 aromatic carbocycles. The third kappa shape index (κ3) is 7.62. The van der Waals surface area contributed by atoms with Crippen molar-refractivity contribution in [3.8, 4) is 22.6 Å². The lowest BCUT2D eigenvalue weighted by atomic mass is 9.94. The van der Waals surface area contributed by atoms with Crippen LogP contribution in [0.4, 0.5) is 0 Å². The van der Waals surface area contributed by atoms with E-state index in [1.54, 1.807) is 0 Å². The number of esters is 1. The predicted octanol–water partition coefficient (Wildman–Crippen LogP) is 6.85. The zero-order valence-corrected chi connectivity index (χ0v) is 25.3. The van der Waals surface area contributed by atoms with Crippen molar-refractivity contribution >= 4 is 15.8 Å². The van der Waals surface area contributed by atoms with Gasteiger partial charge in [-0.15, -0.1) is 0 Å². The lowest BCUT2D eigenvalue weighted by Crippen LogP contribution is -2.26. The van der Waals surface area contributed by atoms with Crippen LogP contribution >= 0.6 is 0 Å². The molecule has 1 aliphatic heterocycles. The number of hydrogen-bond acceptors (Lipinski definition) is 6. The van der Waals surface area contributed by atoms with Crippen LogP contribution < -0.4 is 9.47 Å². The zero-order chi connectivity index (χ0) is 29.5. The molecule has 42 heavy (non-hydrogen) atoms. The summed E-state index contributed by atoms with van der Waals surface area (Å²) >= 11 is 0. The Bertz CT molecular complexity index is 1510. The van der Waals surface area contributed by atoms with Crippen molar-refractivity contribution in [3.63, 3.8) is 0 Å². The molecular weight excluding hydrogens is 548 g/mol. The molecule has 3 aromatic rings. The topological polar surface area (TPSA) is 78.9 Å². The highest BCUT2D eigenvalue weighted by atomic mass is 32.2. The second-order valence-electron chi connectivity index (χ2n) is 11.3. The first-order valence-electron chi connectivity index (χ1n) is 14.8. The molecule has 0 spiro atoms. The highest BCUT2D eigenvalue weighted by molar-refractivity contribution is 7.91. The van der Waals surface area contributed by atoms with Gasteiger partial charge >= 0.3 is 5.97 Å². The van der Waals surface area contributed by atoms with E-state index >= 15 is 0 Å². The van der Waals surface area contributed by atoms with Crippen molar-refractivity contribution in [1.82, 2.24) is 0 Å². The number of benzene rings is 3. The molecular formula is C35H40O6S. The number of allylic oxidation sites excluding steroid dienone is 2. The molecule has 0 amide bonds. The van der Waals surface area contributed by atoms with E-state index < -0.39 is 9.84 Å². The number of methoxy groups -OCH3 is 1. The first-order chi connectivity index (χ1) is 20.3. The molecule has 1 aliphatic carbocycles. The summed E-state index contributed by atoms with van der Waals surface area (Å²) in [6.45, 7) is 2.97. The maximum absolute atomic E-state index is 11.8. The lowest BCUT2D eigenvalue weighted by molar-refractivity contribution is -0.140. The molecule has 1 heterocycles. The van der Waals surface area contributed by atoms with E-state index in [4.69, 9.17) is 14.2 Å². The van der Waals surface area contributed by atoms with E-state index in [1.165, 1.54) is 29.4 Å². The van der Waals surface area contributed by atoms with Gasteiger partial charge in [0.25, 0.3) is 0 Å². The third-order valence-electron chi connectivity index (χ3n) is 8.35. The molecule has 0 unspecified atom stereocenters. The maximum Gasteiger partial charge on any atom is 0.306 e. The molecule has 0 aromatic heterocycles. The van der Waals surface area contributed by atoms with Crippen LogP contribution in [0.25, 0.3) is 11.1 Å². The van der Waals surface area contributed by atoms with Gasteiger partial charge in [0.15, 0.2) is 0 Å². The summed E-state index contributed by atoms with van der Waals surface area (Å²) < 4.78 is 40.6. The van der Waals surface area contributed by atoms with Crippen molar-refractivity contribution in [2.75, 3.05) is 25.2 Å². The summed E-state index contributed by atoms with van der Waals surface area (Å²) in [7, 11) is -1.45. The van der Waals surface area contributed by atoms with Crippen LogP contribution in [0.3, 0.4) is 0 Å². The van der Waals surface area contributed by atoms with Gasteiger partial charge in [-0.05, 0) is 109 Å². The molecule has 7 heteroatoms. The smallest absolute Gasteiger partial charge is 0.306 e. The largest absolute Gasteiger partial charge is 0.493 e. The van der Waals surface area contributed by atoms with Gasteiger partial charge in [-0.1, -0.05) is 42.5 Å². The van der Waals surface area contributed by atoms with Crippen molar-refractivity contribution in [1.29, 1.82) is 0 Å². The zero-order valence-electron chi connectivity index (χ0n) is 24.5. The number of ether oxygens (including phenoxy) is 3. The van der Waals surface area contributed by atoms with Crippen LogP contribution in [0, 0.1) is 5.92 Å². The average molecular weight is 589 g/mol. The minimum atomic E-state index is -2.86. The standard InChI is InChI=1S/C35H40O6S/c1-3-5-29(22-35(36)39-2)27-10-12-31(13-11-27)40-24-26-8-9-28-6-4-7-30-21-32(14-15-33(30)34(28)20-26)41-23-25-16-18-42(37,38)19-17-25/h3,5,8-15,20-21,25,29H,4,6-7,16-19,22-24H2,1-2H3/t29-/m0/s1. The lowest BCUT2D eigenvalue weighted by Gasteiger charge is -2.22. The number of sulfone groups is 1. The van der Waals surface area contributed by atoms with Gasteiger partial charge in [0.2, 0.25) is 0 Å². The van der Waals surface area contributed by atoms with Gasteiger partial charge in [0, 0.05) is 5.92 Å². The molecule has 0 radical (unpaired) electrons. The Morgan fingerprint density at radius 3 is 2.38 bits per heavy atom. The summed E-state index contributed by atoms with van der Waals surface area (Å²) in [4.78, 5) is 11.8. The second-order valence-corrected chi connectivity index (χ2v) is 13.6. The summed E-state index contributed by atoms with van der Waals surface area (Å²) in [6, 6.07) is 20.9. The van der Waals surface area contributed by atoms with Gasteiger partial charge in [-0.25, -0.2) is 8.42 Å². The molecule has 1 atom stereocenters. The fourth-order valence-corrected chi connectivity index (χ4v) is 7.46. The summed E-state index contributed by atoms with van der Waals surface area (Å²) in [5.41, 5.74) is 7.28. The fourth-order valence-electron chi connectivity index (χ4n) is 5.87. The Hall–Kier alpha value is -3.58. The third-order valence-corrected chi connectivity index (χ3v) is 10.1. The van der Waals surface area contributed by atoms with E-state index in [9.17, 15) is 13.2 Å². The maximum atomic E-state index is 11.8. The van der Waals surface area contributed by atoms with E-state index in [-0.39, 0.29) is 23.4 Å². The second kappa shape index (κ2) is 13.6. The first-order valence-corrected chi connectivity index (χ1v) is 16.7. The first kappa shape index (κ1) is 29.9. The fraction of sp³-hybridized carbons (Fsp3) is 0.400. The minimum absolute atomic E-state index is 0.0295. The average Bonchev–Trinajstić information content (AvgIpc) is 3.18. The molecule has 0 bridgehead atoms. The number of carbonyl (C=O) groups is 1. The Morgan fingerprint density at radius 2 is 1.64 bits per heavy atom. The Morgan fingerprint density at radius 1 is 0.905 bits per heavy atom. The minimum Gasteiger partial charge on any atom is -0.493 e. The van der Waals surface area contributed by atoms with E-state index in [0.29, 0.717) is 38.4 Å². The molecule has 2 aliphatic rings. The Balaban J connectivity index is 1.24. The Kier molecular flexibility index (Phi) is 9.68. The molecule has 0 N–H and O–H groups in total. The van der Waals surface area contributed by atoms with E-state index in [0.717, 1.165) is 41.9 Å². The number of rotatable bonds is 10. The van der Waals surface area contributed by atoms with Gasteiger partial charge in [0.1, 0.15) is 27.9 Å². The predicted molar refractivity (Wildman–Crippen MR) is 166 cm³/mol. The van der Waals surface area contributed by atoms with Gasteiger partial charge in [0.05, 0.1) is 31.6 Å². The highest BCUT2D eigenvalue weighted by Gasteiger charge is 2.24. The molecule has 6 nitrogen and oxygen atoms in total. The van der Waals surface area contributed by atoms with Crippen LogP contribution in [0.2, 0.25) is 0 Å². The van der Waals surface area contributed by atoms with Gasteiger partial charge in [-0.2, -0.15) is 0 Å². The molecule has 1 fully saturated rings. The van der Waals surface area contributed by atoms with Crippen LogP contribution in [0.5, 0.6) is 11.5 Å². The summed E-state index contributed by atoms with van der Waals surface area (Å²) in [5.74, 6) is 2.21. The van der Waals surface area contributed by atoms with Crippen LogP contribution in [-0.2, 0) is 38.8 Å².